The molecule has 0 amide bonds. The third-order valence-corrected chi connectivity index (χ3v) is 4.27. The molecule has 0 unspecified atom stereocenters. The molecule has 1 aliphatic rings. The highest BCUT2D eigenvalue weighted by Crippen LogP contribution is 2.27. The summed E-state index contributed by atoms with van der Waals surface area (Å²) in [7, 11) is 0. The average Bonchev–Trinajstić information content (AvgIpc) is 3.01. The zero-order valence-corrected chi connectivity index (χ0v) is 13.2. The lowest BCUT2D eigenvalue weighted by Gasteiger charge is -2.23. The summed E-state index contributed by atoms with van der Waals surface area (Å²) in [5.41, 5.74) is 2.74. The van der Waals surface area contributed by atoms with Crippen molar-refractivity contribution in [3.8, 4) is 11.6 Å². The van der Waals surface area contributed by atoms with Crippen molar-refractivity contribution in [2.24, 2.45) is 0 Å². The van der Waals surface area contributed by atoms with Crippen LogP contribution in [0.4, 0.5) is 0 Å². The Morgan fingerprint density at radius 1 is 1.17 bits per heavy atom. The van der Waals surface area contributed by atoms with Crippen LogP contribution in [0.2, 0.25) is 5.02 Å². The van der Waals surface area contributed by atoms with Crippen LogP contribution in [0.25, 0.3) is 16.7 Å². The van der Waals surface area contributed by atoms with Crippen LogP contribution in [0, 0.1) is 0 Å². The van der Waals surface area contributed by atoms with Gasteiger partial charge in [-0.1, -0.05) is 23.7 Å². The number of pyridine rings is 1. The molecule has 0 atom stereocenters. The fourth-order valence-electron chi connectivity index (χ4n) is 2.77. The van der Waals surface area contributed by atoms with E-state index in [-0.39, 0.29) is 6.10 Å². The van der Waals surface area contributed by atoms with Crippen molar-refractivity contribution < 1.29 is 9.47 Å². The van der Waals surface area contributed by atoms with Crippen molar-refractivity contribution in [1.82, 2.24) is 14.5 Å². The first-order chi connectivity index (χ1) is 11.3. The van der Waals surface area contributed by atoms with Crippen molar-refractivity contribution >= 4 is 22.6 Å². The summed E-state index contributed by atoms with van der Waals surface area (Å²) in [6.45, 7) is 1.47. The second-order valence-corrected chi connectivity index (χ2v) is 5.91. The third-order valence-electron chi connectivity index (χ3n) is 3.98. The summed E-state index contributed by atoms with van der Waals surface area (Å²) in [6, 6.07) is 9.80. The number of imidazole rings is 1. The quantitative estimate of drug-likeness (QED) is 0.736. The van der Waals surface area contributed by atoms with Gasteiger partial charge in [0.05, 0.1) is 41.2 Å². The summed E-state index contributed by atoms with van der Waals surface area (Å²) < 4.78 is 13.3. The van der Waals surface area contributed by atoms with E-state index in [4.69, 9.17) is 21.1 Å². The van der Waals surface area contributed by atoms with Crippen LogP contribution >= 0.6 is 11.6 Å². The van der Waals surface area contributed by atoms with Crippen LogP contribution in [-0.4, -0.2) is 33.9 Å². The zero-order valence-electron chi connectivity index (χ0n) is 12.5. The van der Waals surface area contributed by atoms with Gasteiger partial charge in [0, 0.05) is 18.9 Å². The molecule has 1 fully saturated rings. The van der Waals surface area contributed by atoms with Gasteiger partial charge in [0.2, 0.25) is 5.88 Å². The number of hydrogen-bond donors (Lipinski definition) is 0. The number of nitrogens with zero attached hydrogens (tertiary/aromatic N) is 3. The van der Waals surface area contributed by atoms with Gasteiger partial charge in [-0.3, -0.25) is 4.57 Å². The van der Waals surface area contributed by atoms with E-state index in [0.717, 1.165) is 42.8 Å². The Balaban J connectivity index is 1.69. The Hall–Kier alpha value is -2.11. The topological polar surface area (TPSA) is 49.2 Å². The van der Waals surface area contributed by atoms with Crippen molar-refractivity contribution in [2.75, 3.05) is 13.2 Å². The number of ether oxygens (including phenoxy) is 2. The molecule has 6 heteroatoms. The van der Waals surface area contributed by atoms with E-state index >= 15 is 0 Å². The van der Waals surface area contributed by atoms with E-state index in [1.165, 1.54) is 0 Å². The summed E-state index contributed by atoms with van der Waals surface area (Å²) in [6.07, 6.45) is 5.30. The minimum atomic E-state index is 0.143. The molecular weight excluding hydrogens is 314 g/mol. The number of benzene rings is 1. The first-order valence-corrected chi connectivity index (χ1v) is 8.01. The lowest BCUT2D eigenvalue weighted by molar-refractivity contribution is 0.0237. The maximum atomic E-state index is 6.34. The fourth-order valence-corrected chi connectivity index (χ4v) is 2.97. The smallest absolute Gasteiger partial charge is 0.215 e. The molecule has 4 rings (SSSR count). The number of aromatic nitrogens is 3. The molecule has 2 aromatic heterocycles. The molecular formula is C17H16ClN3O2. The van der Waals surface area contributed by atoms with E-state index in [1.807, 2.05) is 34.9 Å². The number of hydrogen-bond acceptors (Lipinski definition) is 4. The van der Waals surface area contributed by atoms with Crippen molar-refractivity contribution in [2.45, 2.75) is 18.9 Å². The largest absolute Gasteiger partial charge is 0.474 e. The fraction of sp³-hybridized carbons (Fsp3) is 0.294. The minimum Gasteiger partial charge on any atom is -0.474 e. The first-order valence-electron chi connectivity index (χ1n) is 7.64. The molecule has 5 nitrogen and oxygen atoms in total. The lowest BCUT2D eigenvalue weighted by atomic mass is 10.1. The molecule has 0 spiro atoms. The van der Waals surface area contributed by atoms with Gasteiger partial charge < -0.3 is 9.47 Å². The maximum Gasteiger partial charge on any atom is 0.215 e. The van der Waals surface area contributed by atoms with E-state index in [0.29, 0.717) is 10.9 Å². The van der Waals surface area contributed by atoms with Gasteiger partial charge in [-0.05, 0) is 12.1 Å². The van der Waals surface area contributed by atoms with E-state index in [2.05, 4.69) is 9.97 Å². The van der Waals surface area contributed by atoms with Crippen molar-refractivity contribution in [3.05, 3.63) is 47.9 Å². The summed E-state index contributed by atoms with van der Waals surface area (Å²) in [5, 5.41) is 0.562. The Morgan fingerprint density at radius 3 is 2.87 bits per heavy atom. The van der Waals surface area contributed by atoms with Gasteiger partial charge in [0.1, 0.15) is 12.4 Å². The number of fused-ring (bicyclic) bond motifs is 1. The molecule has 3 heterocycles. The minimum absolute atomic E-state index is 0.143. The predicted octanol–water partition coefficient (Wildman–Crippen LogP) is 3.63. The Bertz CT molecular complexity index is 828. The zero-order chi connectivity index (χ0) is 15.6. The summed E-state index contributed by atoms with van der Waals surface area (Å²) in [4.78, 5) is 8.70. The van der Waals surface area contributed by atoms with E-state index < -0.39 is 0 Å². The Morgan fingerprint density at radius 2 is 2.00 bits per heavy atom. The van der Waals surface area contributed by atoms with Crippen LogP contribution in [0.15, 0.2) is 42.9 Å². The van der Waals surface area contributed by atoms with Gasteiger partial charge in [-0.2, -0.15) is 0 Å². The molecule has 3 aromatic rings. The molecule has 0 N–H and O–H groups in total. The Kier molecular flexibility index (Phi) is 3.89. The lowest BCUT2D eigenvalue weighted by Crippen LogP contribution is -2.26. The van der Waals surface area contributed by atoms with E-state index in [1.54, 1.807) is 12.5 Å². The highest BCUT2D eigenvalue weighted by atomic mass is 35.5. The number of halogens is 1. The van der Waals surface area contributed by atoms with Gasteiger partial charge in [-0.25, -0.2) is 9.97 Å². The molecule has 1 saturated heterocycles. The number of para-hydroxylation sites is 2. The van der Waals surface area contributed by atoms with Crippen LogP contribution in [-0.2, 0) is 4.74 Å². The monoisotopic (exact) mass is 329 g/mol. The molecule has 0 bridgehead atoms. The SMILES string of the molecule is Clc1cnc(OC2CCOCC2)cc1-n1cnc2ccccc21. The average molecular weight is 330 g/mol. The standard InChI is InChI=1S/C17H16ClN3O2/c18-13-10-19-17(23-12-5-7-22-8-6-12)9-16(13)21-11-20-14-3-1-2-4-15(14)21/h1-4,9-12H,5-8H2. The van der Waals surface area contributed by atoms with Gasteiger partial charge in [-0.15, -0.1) is 0 Å². The first kappa shape index (κ1) is 14.5. The highest BCUT2D eigenvalue weighted by Gasteiger charge is 2.17. The summed E-state index contributed by atoms with van der Waals surface area (Å²) >= 11 is 6.34. The molecule has 1 aliphatic heterocycles. The molecule has 0 saturated carbocycles. The second kappa shape index (κ2) is 6.18. The highest BCUT2D eigenvalue weighted by molar-refractivity contribution is 6.32. The Labute approximate surface area is 138 Å². The van der Waals surface area contributed by atoms with Gasteiger partial charge in [0.15, 0.2) is 0 Å². The maximum absolute atomic E-state index is 6.34. The van der Waals surface area contributed by atoms with Crippen LogP contribution < -0.4 is 4.74 Å². The van der Waals surface area contributed by atoms with Crippen LogP contribution in [0.1, 0.15) is 12.8 Å². The third kappa shape index (κ3) is 2.90. The van der Waals surface area contributed by atoms with Crippen molar-refractivity contribution in [1.29, 1.82) is 0 Å². The van der Waals surface area contributed by atoms with Crippen LogP contribution in [0.5, 0.6) is 5.88 Å². The van der Waals surface area contributed by atoms with Gasteiger partial charge in [0.25, 0.3) is 0 Å². The van der Waals surface area contributed by atoms with E-state index in [9.17, 15) is 0 Å². The number of rotatable bonds is 3. The van der Waals surface area contributed by atoms with Crippen LogP contribution in [0.3, 0.4) is 0 Å². The molecule has 1 aromatic carbocycles. The normalized spacial score (nSPS) is 15.9. The summed E-state index contributed by atoms with van der Waals surface area (Å²) in [5.74, 6) is 0.578. The molecule has 0 radical (unpaired) electrons. The second-order valence-electron chi connectivity index (χ2n) is 5.51. The molecule has 0 aliphatic carbocycles. The molecule has 23 heavy (non-hydrogen) atoms. The predicted molar refractivity (Wildman–Crippen MR) is 88.3 cm³/mol. The van der Waals surface area contributed by atoms with Gasteiger partial charge >= 0.3 is 0 Å². The van der Waals surface area contributed by atoms with Crippen molar-refractivity contribution in [3.63, 3.8) is 0 Å². The molecule has 118 valence electrons.